The number of ether oxygens (including phenoxy) is 1. The van der Waals surface area contributed by atoms with Crippen LogP contribution < -0.4 is 15.8 Å². The van der Waals surface area contributed by atoms with Gasteiger partial charge >= 0.3 is 0 Å². The average Bonchev–Trinajstić information content (AvgIpc) is 2.29. The van der Waals surface area contributed by atoms with Gasteiger partial charge in [0, 0.05) is 11.8 Å². The van der Waals surface area contributed by atoms with Gasteiger partial charge < -0.3 is 20.9 Å². The predicted molar refractivity (Wildman–Crippen MR) is 66.2 cm³/mol. The summed E-state index contributed by atoms with van der Waals surface area (Å²) in [5.74, 6) is 0.0895. The fourth-order valence-electron chi connectivity index (χ4n) is 1.44. The fraction of sp³-hybridized carbons (Fsp3) is 0.417. The first kappa shape index (κ1) is 13.3. The van der Waals surface area contributed by atoms with Crippen LogP contribution in [0.2, 0.25) is 0 Å². The molecule has 1 rings (SSSR count). The molecule has 0 aliphatic rings. The number of amides is 1. The largest absolute Gasteiger partial charge is 0.504 e. The number of hydrogen-bond acceptors (Lipinski definition) is 4. The van der Waals surface area contributed by atoms with Crippen molar-refractivity contribution in [3.05, 3.63) is 18.2 Å². The quantitative estimate of drug-likeness (QED) is 0.725. The Balaban J connectivity index is 2.69. The molecule has 0 aromatic heterocycles. The van der Waals surface area contributed by atoms with Gasteiger partial charge in [-0.15, -0.1) is 0 Å². The second kappa shape index (κ2) is 6.10. The first-order valence-electron chi connectivity index (χ1n) is 5.52. The van der Waals surface area contributed by atoms with E-state index in [1.54, 1.807) is 12.1 Å². The van der Waals surface area contributed by atoms with Crippen LogP contribution >= 0.6 is 0 Å². The number of rotatable bonds is 5. The SMILES string of the molecule is CCC[C@H](N)C(=O)Nc1ccc(OC)c(O)c1. The van der Waals surface area contributed by atoms with Crippen LogP contribution in [0, 0.1) is 0 Å². The number of phenolic OH excluding ortho intramolecular Hbond substituents is 1. The fourth-order valence-corrected chi connectivity index (χ4v) is 1.44. The number of methoxy groups -OCH3 is 1. The second-order valence-electron chi connectivity index (χ2n) is 3.77. The third-order valence-corrected chi connectivity index (χ3v) is 2.38. The lowest BCUT2D eigenvalue weighted by Crippen LogP contribution is -2.35. The van der Waals surface area contributed by atoms with E-state index in [0.717, 1.165) is 6.42 Å². The van der Waals surface area contributed by atoms with Crippen LogP contribution in [0.3, 0.4) is 0 Å². The molecule has 0 spiro atoms. The number of anilines is 1. The third-order valence-electron chi connectivity index (χ3n) is 2.38. The minimum absolute atomic E-state index is 0.0191. The van der Waals surface area contributed by atoms with E-state index in [1.165, 1.54) is 13.2 Å². The molecule has 0 aliphatic heterocycles. The molecule has 0 fully saturated rings. The number of carbonyl (C=O) groups excluding carboxylic acids is 1. The van der Waals surface area contributed by atoms with E-state index in [4.69, 9.17) is 10.5 Å². The van der Waals surface area contributed by atoms with E-state index in [1.807, 2.05) is 6.92 Å². The summed E-state index contributed by atoms with van der Waals surface area (Å²) >= 11 is 0. The lowest BCUT2D eigenvalue weighted by molar-refractivity contribution is -0.117. The Labute approximate surface area is 101 Å². The average molecular weight is 238 g/mol. The molecule has 1 aromatic rings. The zero-order valence-corrected chi connectivity index (χ0v) is 10.1. The zero-order valence-electron chi connectivity index (χ0n) is 10.1. The van der Waals surface area contributed by atoms with Crippen LogP contribution in [0.15, 0.2) is 18.2 Å². The van der Waals surface area contributed by atoms with E-state index in [9.17, 15) is 9.90 Å². The predicted octanol–water partition coefficient (Wildman–Crippen LogP) is 1.47. The highest BCUT2D eigenvalue weighted by Crippen LogP contribution is 2.28. The number of phenols is 1. The molecule has 5 nitrogen and oxygen atoms in total. The molecule has 94 valence electrons. The normalized spacial score (nSPS) is 11.9. The number of aromatic hydroxyl groups is 1. The molecule has 17 heavy (non-hydrogen) atoms. The molecule has 0 bridgehead atoms. The van der Waals surface area contributed by atoms with E-state index in [2.05, 4.69) is 5.32 Å². The van der Waals surface area contributed by atoms with Crippen LogP contribution in [0.25, 0.3) is 0 Å². The van der Waals surface area contributed by atoms with Crippen molar-refractivity contribution in [2.24, 2.45) is 5.73 Å². The molecule has 5 heteroatoms. The molecule has 0 aliphatic carbocycles. The maximum absolute atomic E-state index is 11.6. The van der Waals surface area contributed by atoms with E-state index in [0.29, 0.717) is 17.9 Å². The Morgan fingerprint density at radius 1 is 1.59 bits per heavy atom. The first-order valence-corrected chi connectivity index (χ1v) is 5.52. The maximum Gasteiger partial charge on any atom is 0.241 e. The van der Waals surface area contributed by atoms with Crippen molar-refractivity contribution in [3.63, 3.8) is 0 Å². The highest BCUT2D eigenvalue weighted by atomic mass is 16.5. The standard InChI is InChI=1S/C12H18N2O3/c1-3-4-9(13)12(16)14-8-5-6-11(17-2)10(15)7-8/h5-7,9,15H,3-4,13H2,1-2H3,(H,14,16)/t9-/m0/s1. The molecule has 1 aromatic carbocycles. The number of carbonyl (C=O) groups is 1. The zero-order chi connectivity index (χ0) is 12.8. The van der Waals surface area contributed by atoms with Crippen molar-refractivity contribution in [1.29, 1.82) is 0 Å². The third kappa shape index (κ3) is 3.64. The summed E-state index contributed by atoms with van der Waals surface area (Å²) in [5.41, 5.74) is 6.17. The van der Waals surface area contributed by atoms with Gasteiger partial charge in [0.25, 0.3) is 0 Å². The summed E-state index contributed by atoms with van der Waals surface area (Å²) in [4.78, 5) is 11.6. The van der Waals surface area contributed by atoms with Gasteiger partial charge in [-0.3, -0.25) is 4.79 Å². The van der Waals surface area contributed by atoms with E-state index < -0.39 is 6.04 Å². The summed E-state index contributed by atoms with van der Waals surface area (Å²) in [5, 5.41) is 12.2. The molecular weight excluding hydrogens is 220 g/mol. The van der Waals surface area contributed by atoms with Gasteiger partial charge in [0.2, 0.25) is 5.91 Å². The van der Waals surface area contributed by atoms with Crippen LogP contribution in [0.5, 0.6) is 11.5 Å². The molecule has 0 saturated carbocycles. The smallest absolute Gasteiger partial charge is 0.241 e. The van der Waals surface area contributed by atoms with Crippen LogP contribution in [-0.4, -0.2) is 24.2 Å². The molecule has 0 saturated heterocycles. The van der Waals surface area contributed by atoms with Crippen LogP contribution in [0.4, 0.5) is 5.69 Å². The van der Waals surface area contributed by atoms with Crippen LogP contribution in [-0.2, 0) is 4.79 Å². The highest BCUT2D eigenvalue weighted by molar-refractivity contribution is 5.94. The topological polar surface area (TPSA) is 84.6 Å². The second-order valence-corrected chi connectivity index (χ2v) is 3.77. The number of hydrogen-bond donors (Lipinski definition) is 3. The Morgan fingerprint density at radius 3 is 2.82 bits per heavy atom. The molecule has 0 unspecified atom stereocenters. The van der Waals surface area contributed by atoms with Crippen molar-refractivity contribution < 1.29 is 14.6 Å². The lowest BCUT2D eigenvalue weighted by atomic mass is 10.1. The molecule has 4 N–H and O–H groups in total. The molecule has 0 radical (unpaired) electrons. The van der Waals surface area contributed by atoms with Gasteiger partial charge in [0.1, 0.15) is 0 Å². The molecular formula is C12H18N2O3. The highest BCUT2D eigenvalue weighted by Gasteiger charge is 2.13. The molecule has 1 amide bonds. The lowest BCUT2D eigenvalue weighted by Gasteiger charge is -2.12. The minimum Gasteiger partial charge on any atom is -0.504 e. The van der Waals surface area contributed by atoms with Crippen molar-refractivity contribution >= 4 is 11.6 Å². The minimum atomic E-state index is -0.524. The Hall–Kier alpha value is -1.75. The summed E-state index contributed by atoms with van der Waals surface area (Å²) in [7, 11) is 1.46. The van der Waals surface area contributed by atoms with Gasteiger partial charge in [-0.25, -0.2) is 0 Å². The number of nitrogens with two attached hydrogens (primary N) is 1. The van der Waals surface area contributed by atoms with Crippen LogP contribution in [0.1, 0.15) is 19.8 Å². The van der Waals surface area contributed by atoms with E-state index >= 15 is 0 Å². The summed E-state index contributed by atoms with van der Waals surface area (Å²) in [6.07, 6.45) is 1.48. The summed E-state index contributed by atoms with van der Waals surface area (Å²) in [6.45, 7) is 1.96. The van der Waals surface area contributed by atoms with Crippen molar-refractivity contribution in [2.45, 2.75) is 25.8 Å². The van der Waals surface area contributed by atoms with Crippen molar-refractivity contribution in [3.8, 4) is 11.5 Å². The monoisotopic (exact) mass is 238 g/mol. The van der Waals surface area contributed by atoms with Gasteiger partial charge in [0.05, 0.1) is 13.2 Å². The van der Waals surface area contributed by atoms with Gasteiger partial charge in [-0.2, -0.15) is 0 Å². The Kier molecular flexibility index (Phi) is 4.78. The summed E-state index contributed by atoms with van der Waals surface area (Å²) < 4.78 is 4.90. The van der Waals surface area contributed by atoms with Gasteiger partial charge in [0.15, 0.2) is 11.5 Å². The summed E-state index contributed by atoms with van der Waals surface area (Å²) in [6, 6.07) is 4.13. The molecule has 1 atom stereocenters. The van der Waals surface area contributed by atoms with Gasteiger partial charge in [-0.1, -0.05) is 13.3 Å². The van der Waals surface area contributed by atoms with Crippen molar-refractivity contribution in [1.82, 2.24) is 0 Å². The molecule has 0 heterocycles. The van der Waals surface area contributed by atoms with Gasteiger partial charge in [-0.05, 0) is 18.6 Å². The number of benzene rings is 1. The Morgan fingerprint density at radius 2 is 2.29 bits per heavy atom. The Bertz CT molecular complexity index is 393. The van der Waals surface area contributed by atoms with E-state index in [-0.39, 0.29) is 11.7 Å². The first-order chi connectivity index (χ1) is 8.08. The maximum atomic E-state index is 11.6. The van der Waals surface area contributed by atoms with Crippen molar-refractivity contribution in [2.75, 3.05) is 12.4 Å². The number of nitrogens with one attached hydrogen (secondary N) is 1.